The van der Waals surface area contributed by atoms with Crippen LogP contribution in [0.1, 0.15) is 34.2 Å². The summed E-state index contributed by atoms with van der Waals surface area (Å²) in [6.07, 6.45) is 1.11. The van der Waals surface area contributed by atoms with E-state index in [4.69, 9.17) is 8.83 Å². The number of thioether (sulfide) groups is 1. The van der Waals surface area contributed by atoms with Crippen molar-refractivity contribution in [3.8, 4) is 0 Å². The summed E-state index contributed by atoms with van der Waals surface area (Å²) >= 11 is 1.29. The van der Waals surface area contributed by atoms with Crippen molar-refractivity contribution in [3.63, 3.8) is 0 Å². The summed E-state index contributed by atoms with van der Waals surface area (Å²) in [6.45, 7) is 1.70. The third-order valence-electron chi connectivity index (χ3n) is 3.95. The molecule has 3 heterocycles. The van der Waals surface area contributed by atoms with E-state index in [-0.39, 0.29) is 17.4 Å². The molecule has 1 saturated heterocycles. The molecule has 0 bridgehead atoms. The minimum atomic E-state index is -2.91. The Balaban J connectivity index is 1.56. The smallest absolute Gasteiger partial charge is 0.341 e. The molecule has 0 aliphatic carbocycles. The fourth-order valence-corrected chi connectivity index (χ4v) is 5.24. The van der Waals surface area contributed by atoms with Gasteiger partial charge in [-0.05, 0) is 25.3 Å². The van der Waals surface area contributed by atoms with Gasteiger partial charge in [0.25, 0.3) is 5.22 Å². The quantitative estimate of drug-likeness (QED) is 0.543. The Kier molecular flexibility index (Phi) is 5.19. The molecule has 0 spiro atoms. The lowest BCUT2D eigenvalue weighted by Gasteiger charge is -2.01. The van der Waals surface area contributed by atoms with Crippen LogP contribution in [-0.2, 0) is 26.7 Å². The predicted octanol–water partition coefficient (Wildman–Crippen LogP) is 2.03. The minimum absolute atomic E-state index is 0.0404. The van der Waals surface area contributed by atoms with Crippen molar-refractivity contribution in [3.05, 3.63) is 29.0 Å². The van der Waals surface area contributed by atoms with Gasteiger partial charge in [0.2, 0.25) is 5.89 Å². The van der Waals surface area contributed by atoms with E-state index < -0.39 is 15.8 Å². The number of furan rings is 1. The third kappa shape index (κ3) is 4.43. The topological polar surface area (TPSA) is 112 Å². The molecule has 10 heteroatoms. The fraction of sp³-hybridized carbons (Fsp3) is 0.533. The predicted molar refractivity (Wildman–Crippen MR) is 89.1 cm³/mol. The van der Waals surface area contributed by atoms with Gasteiger partial charge >= 0.3 is 5.97 Å². The van der Waals surface area contributed by atoms with Crippen LogP contribution >= 0.6 is 11.8 Å². The Bertz CT molecular complexity index is 870. The molecule has 8 nitrogen and oxygen atoms in total. The van der Waals surface area contributed by atoms with Gasteiger partial charge < -0.3 is 13.6 Å². The number of aryl methyl sites for hydroxylation is 1. The van der Waals surface area contributed by atoms with Gasteiger partial charge in [-0.25, -0.2) is 13.2 Å². The van der Waals surface area contributed by atoms with E-state index >= 15 is 0 Å². The molecule has 1 atom stereocenters. The Labute approximate surface area is 149 Å². The number of carbonyl (C=O) groups is 1. The maximum atomic E-state index is 11.6. The van der Waals surface area contributed by atoms with Crippen LogP contribution in [0.5, 0.6) is 0 Å². The van der Waals surface area contributed by atoms with Gasteiger partial charge in [-0.3, -0.25) is 0 Å². The highest BCUT2D eigenvalue weighted by atomic mass is 32.2. The maximum absolute atomic E-state index is 11.6. The third-order valence-corrected chi connectivity index (χ3v) is 6.63. The number of rotatable bonds is 6. The molecule has 2 aromatic rings. The highest BCUT2D eigenvalue weighted by Crippen LogP contribution is 2.27. The van der Waals surface area contributed by atoms with Gasteiger partial charge in [0.15, 0.2) is 9.84 Å². The highest BCUT2D eigenvalue weighted by Gasteiger charge is 2.29. The van der Waals surface area contributed by atoms with E-state index in [9.17, 15) is 13.2 Å². The monoisotopic (exact) mass is 386 g/mol. The van der Waals surface area contributed by atoms with E-state index in [2.05, 4.69) is 14.9 Å². The minimum Gasteiger partial charge on any atom is -0.465 e. The van der Waals surface area contributed by atoms with Crippen LogP contribution in [0, 0.1) is 12.8 Å². The van der Waals surface area contributed by atoms with Crippen molar-refractivity contribution in [1.29, 1.82) is 0 Å². The normalized spacial score (nSPS) is 19.2. The molecule has 1 unspecified atom stereocenters. The second-order valence-electron chi connectivity index (χ2n) is 5.90. The van der Waals surface area contributed by atoms with Crippen molar-refractivity contribution in [2.45, 2.75) is 30.7 Å². The van der Waals surface area contributed by atoms with Crippen LogP contribution in [0.25, 0.3) is 0 Å². The average molecular weight is 386 g/mol. The molecular formula is C15H18N2O6S2. The molecule has 1 fully saturated rings. The molecular weight excluding hydrogens is 368 g/mol. The highest BCUT2D eigenvalue weighted by molar-refractivity contribution is 7.98. The Morgan fingerprint density at radius 1 is 1.40 bits per heavy atom. The van der Waals surface area contributed by atoms with Crippen molar-refractivity contribution in [2.75, 3.05) is 18.6 Å². The molecule has 136 valence electrons. The summed E-state index contributed by atoms with van der Waals surface area (Å²) in [7, 11) is -1.59. The molecule has 0 saturated carbocycles. The molecule has 0 radical (unpaired) electrons. The second kappa shape index (κ2) is 7.20. The number of esters is 1. The molecule has 0 N–H and O–H groups in total. The van der Waals surface area contributed by atoms with Crippen LogP contribution in [0.15, 0.2) is 20.1 Å². The van der Waals surface area contributed by atoms with Crippen LogP contribution in [0.3, 0.4) is 0 Å². The Hall–Kier alpha value is -1.81. The lowest BCUT2D eigenvalue weighted by Crippen LogP contribution is -2.07. The van der Waals surface area contributed by atoms with Crippen molar-refractivity contribution in [2.24, 2.45) is 5.92 Å². The lowest BCUT2D eigenvalue weighted by molar-refractivity contribution is 0.0599. The Morgan fingerprint density at radius 3 is 2.88 bits per heavy atom. The van der Waals surface area contributed by atoms with Gasteiger partial charge in [-0.1, -0.05) is 11.8 Å². The molecule has 1 aliphatic heterocycles. The average Bonchev–Trinajstić information content (AvgIpc) is 3.24. The van der Waals surface area contributed by atoms with Gasteiger partial charge in [0, 0.05) is 6.42 Å². The van der Waals surface area contributed by atoms with E-state index in [1.54, 1.807) is 13.0 Å². The molecule has 25 heavy (non-hydrogen) atoms. The van der Waals surface area contributed by atoms with Crippen LogP contribution in [0.4, 0.5) is 0 Å². The SMILES string of the molecule is COC(=O)c1cc(CSc2nnc(CC3CCS(=O)(=O)C3)o2)oc1C. The van der Waals surface area contributed by atoms with Crippen LogP contribution < -0.4 is 0 Å². The first-order valence-corrected chi connectivity index (χ1v) is 10.5. The van der Waals surface area contributed by atoms with E-state index in [0.29, 0.717) is 46.8 Å². The number of aromatic nitrogens is 2. The van der Waals surface area contributed by atoms with E-state index in [0.717, 1.165) is 0 Å². The largest absolute Gasteiger partial charge is 0.465 e. The zero-order chi connectivity index (χ0) is 18.0. The number of hydrogen-bond acceptors (Lipinski definition) is 9. The molecule has 3 rings (SSSR count). The second-order valence-corrected chi connectivity index (χ2v) is 9.05. The molecule has 0 amide bonds. The first-order chi connectivity index (χ1) is 11.9. The van der Waals surface area contributed by atoms with Gasteiger partial charge in [-0.2, -0.15) is 0 Å². The number of hydrogen-bond donors (Lipinski definition) is 0. The summed E-state index contributed by atoms with van der Waals surface area (Å²) in [5.74, 6) is 1.98. The van der Waals surface area contributed by atoms with Crippen molar-refractivity contribution >= 4 is 27.6 Å². The van der Waals surface area contributed by atoms with E-state index in [1.165, 1.54) is 18.9 Å². The number of nitrogens with zero attached hydrogens (tertiary/aromatic N) is 2. The standard InChI is InChI=1S/C15H18N2O6S2/c1-9-12(14(18)21-2)6-11(22-9)7-24-15-17-16-13(23-15)5-10-3-4-25(19,20)8-10/h6,10H,3-5,7-8H2,1-2H3. The van der Waals surface area contributed by atoms with Crippen molar-refractivity contribution < 1.29 is 26.8 Å². The van der Waals surface area contributed by atoms with E-state index in [1.807, 2.05) is 0 Å². The van der Waals surface area contributed by atoms with Crippen molar-refractivity contribution in [1.82, 2.24) is 10.2 Å². The first kappa shape index (κ1) is 18.0. The summed E-state index contributed by atoms with van der Waals surface area (Å²) < 4.78 is 38.7. The Morgan fingerprint density at radius 2 is 2.20 bits per heavy atom. The van der Waals surface area contributed by atoms with Gasteiger partial charge in [-0.15, -0.1) is 10.2 Å². The summed E-state index contributed by atoms with van der Waals surface area (Å²) in [4.78, 5) is 11.6. The molecule has 0 aromatic carbocycles. The van der Waals surface area contributed by atoms with Crippen LogP contribution in [-0.4, -0.2) is 43.2 Å². The first-order valence-electron chi connectivity index (χ1n) is 7.69. The molecule has 1 aliphatic rings. The fourth-order valence-electron chi connectivity index (χ4n) is 2.72. The summed E-state index contributed by atoms with van der Waals surface area (Å²) in [5, 5.41) is 8.30. The van der Waals surface area contributed by atoms with Gasteiger partial charge in [0.1, 0.15) is 17.1 Å². The molecule has 2 aromatic heterocycles. The zero-order valence-electron chi connectivity index (χ0n) is 13.9. The number of sulfone groups is 1. The van der Waals surface area contributed by atoms with Crippen LogP contribution in [0.2, 0.25) is 0 Å². The number of carbonyl (C=O) groups excluding carboxylic acids is 1. The summed E-state index contributed by atoms with van der Waals surface area (Å²) in [5.41, 5.74) is 0.395. The number of methoxy groups -OCH3 is 1. The van der Waals surface area contributed by atoms with Gasteiger partial charge in [0.05, 0.1) is 24.4 Å². The maximum Gasteiger partial charge on any atom is 0.341 e. The zero-order valence-corrected chi connectivity index (χ0v) is 15.5. The number of ether oxygens (including phenoxy) is 1. The summed E-state index contributed by atoms with van der Waals surface area (Å²) in [6, 6.07) is 1.63. The lowest BCUT2D eigenvalue weighted by atomic mass is 10.1.